The Morgan fingerprint density at radius 3 is 2.50 bits per heavy atom. The second-order valence-corrected chi connectivity index (χ2v) is 10.8. The molecule has 0 radical (unpaired) electrons. The molecule has 9 heteroatoms. The molecular weight excluding hydrogens is 412 g/mol. The quantitative estimate of drug-likeness (QED) is 0.744. The van der Waals surface area contributed by atoms with Gasteiger partial charge in [-0.1, -0.05) is 6.07 Å². The van der Waals surface area contributed by atoms with Gasteiger partial charge in [0.1, 0.15) is 27.9 Å². The molecule has 0 unspecified atom stereocenters. The first-order valence-electron chi connectivity index (χ1n) is 9.37. The number of nitrogens with two attached hydrogens (primary N) is 1. The van der Waals surface area contributed by atoms with Crippen LogP contribution < -0.4 is 5.73 Å². The molecule has 1 aliphatic rings. The summed E-state index contributed by atoms with van der Waals surface area (Å²) < 4.78 is 51.6. The van der Waals surface area contributed by atoms with Gasteiger partial charge in [-0.2, -0.15) is 0 Å². The number of ketones is 1. The molecule has 0 bridgehead atoms. The largest absolute Gasteiger partial charge is 0.386 e. The summed E-state index contributed by atoms with van der Waals surface area (Å²) in [5.41, 5.74) is 5.57. The highest BCUT2D eigenvalue weighted by Crippen LogP contribution is 2.37. The van der Waals surface area contributed by atoms with E-state index in [-0.39, 0.29) is 41.5 Å². The van der Waals surface area contributed by atoms with E-state index in [9.17, 15) is 22.0 Å². The van der Waals surface area contributed by atoms with Crippen LogP contribution in [0.15, 0.2) is 41.5 Å². The van der Waals surface area contributed by atoms with Gasteiger partial charge in [-0.05, 0) is 57.0 Å². The summed E-state index contributed by atoms with van der Waals surface area (Å²) in [7, 11) is -3.58. The van der Waals surface area contributed by atoms with Crippen LogP contribution in [0.1, 0.15) is 48.8 Å². The second-order valence-electron chi connectivity index (χ2n) is 8.13. The number of nitrogens with zero attached hydrogens (tertiary/aromatic N) is 2. The van der Waals surface area contributed by atoms with Gasteiger partial charge in [0.05, 0.1) is 17.5 Å². The smallest absolute Gasteiger partial charge is 0.185 e. The van der Waals surface area contributed by atoms with Gasteiger partial charge in [0.15, 0.2) is 15.6 Å². The maximum Gasteiger partial charge on any atom is 0.185 e. The van der Waals surface area contributed by atoms with Crippen molar-refractivity contribution in [3.63, 3.8) is 0 Å². The number of aliphatic imine (C=N–C) groups is 1. The Bertz CT molecular complexity index is 1130. The first-order chi connectivity index (χ1) is 13.9. The third-order valence-corrected chi connectivity index (χ3v) is 8.11. The van der Waals surface area contributed by atoms with Crippen LogP contribution in [0.3, 0.4) is 0 Å². The van der Waals surface area contributed by atoms with Crippen molar-refractivity contribution in [2.45, 2.75) is 43.9 Å². The Morgan fingerprint density at radius 2 is 1.87 bits per heavy atom. The van der Waals surface area contributed by atoms with Crippen molar-refractivity contribution in [3.8, 4) is 0 Å². The van der Waals surface area contributed by atoms with Gasteiger partial charge >= 0.3 is 0 Å². The monoisotopic (exact) mass is 435 g/mol. The van der Waals surface area contributed by atoms with Crippen LogP contribution in [0, 0.1) is 11.6 Å². The molecule has 2 heterocycles. The summed E-state index contributed by atoms with van der Waals surface area (Å²) in [5.74, 6) is -1.76. The Kier molecular flexibility index (Phi) is 5.53. The molecule has 6 nitrogen and oxygen atoms in total. The fraction of sp³-hybridized carbons (Fsp3) is 0.381. The molecule has 1 aromatic heterocycles. The third-order valence-electron chi connectivity index (χ3n) is 5.61. The van der Waals surface area contributed by atoms with Crippen LogP contribution in [0.2, 0.25) is 0 Å². The van der Waals surface area contributed by atoms with Crippen molar-refractivity contribution in [2.75, 3.05) is 5.75 Å². The van der Waals surface area contributed by atoms with Gasteiger partial charge < -0.3 is 5.73 Å². The number of carbonyl (C=O) groups excluding carboxylic acids is 1. The molecule has 0 amide bonds. The van der Waals surface area contributed by atoms with Crippen LogP contribution in [-0.4, -0.2) is 35.5 Å². The zero-order valence-corrected chi connectivity index (χ0v) is 17.8. The number of benzene rings is 1. The number of pyridine rings is 1. The van der Waals surface area contributed by atoms with Gasteiger partial charge in [-0.3, -0.25) is 14.8 Å². The summed E-state index contributed by atoms with van der Waals surface area (Å²) in [6.45, 7) is 4.59. The van der Waals surface area contributed by atoms with E-state index in [4.69, 9.17) is 5.73 Å². The van der Waals surface area contributed by atoms with E-state index >= 15 is 0 Å². The van der Waals surface area contributed by atoms with E-state index in [2.05, 4.69) is 9.98 Å². The molecule has 0 saturated heterocycles. The van der Waals surface area contributed by atoms with Crippen LogP contribution in [0.4, 0.5) is 8.78 Å². The highest BCUT2D eigenvalue weighted by Gasteiger charge is 2.45. The van der Waals surface area contributed by atoms with Crippen molar-refractivity contribution in [1.82, 2.24) is 4.98 Å². The van der Waals surface area contributed by atoms with Crippen LogP contribution in [0.5, 0.6) is 0 Å². The van der Waals surface area contributed by atoms with Gasteiger partial charge in [0.25, 0.3) is 0 Å². The third kappa shape index (κ3) is 3.98. The first-order valence-corrected chi connectivity index (χ1v) is 11.0. The number of hydrogen-bond acceptors (Lipinski definition) is 6. The number of aromatic nitrogens is 1. The highest BCUT2D eigenvalue weighted by molar-refractivity contribution is 7.93. The van der Waals surface area contributed by atoms with E-state index in [1.54, 1.807) is 6.92 Å². The molecule has 0 aliphatic carbocycles. The zero-order chi connectivity index (χ0) is 22.3. The molecule has 1 aromatic carbocycles. The lowest BCUT2D eigenvalue weighted by atomic mass is 9.87. The van der Waals surface area contributed by atoms with E-state index in [0.29, 0.717) is 5.56 Å². The fourth-order valence-electron chi connectivity index (χ4n) is 3.31. The Balaban J connectivity index is 1.98. The Labute approximate surface area is 174 Å². The van der Waals surface area contributed by atoms with E-state index in [1.807, 2.05) is 0 Å². The number of hydrogen-bond donors (Lipinski definition) is 1. The van der Waals surface area contributed by atoms with Crippen LogP contribution in [0.25, 0.3) is 0 Å². The summed E-state index contributed by atoms with van der Waals surface area (Å²) in [6, 6.07) is 6.61. The average Bonchev–Trinajstić information content (AvgIpc) is 2.73. The van der Waals surface area contributed by atoms with E-state index in [1.165, 1.54) is 38.1 Å². The predicted octanol–water partition coefficient (Wildman–Crippen LogP) is 2.95. The molecule has 0 saturated carbocycles. The van der Waals surface area contributed by atoms with Crippen LogP contribution in [-0.2, 0) is 21.8 Å². The normalized spacial score (nSPS) is 22.8. The highest BCUT2D eigenvalue weighted by atomic mass is 32.2. The lowest BCUT2D eigenvalue weighted by Crippen LogP contribution is -2.45. The van der Waals surface area contributed by atoms with Crippen molar-refractivity contribution in [3.05, 3.63) is 65.0 Å². The Morgan fingerprint density at radius 1 is 1.17 bits per heavy atom. The lowest BCUT2D eigenvalue weighted by molar-refractivity contribution is 0.0988. The molecule has 2 aromatic rings. The summed E-state index contributed by atoms with van der Waals surface area (Å²) in [4.78, 5) is 20.6. The van der Waals surface area contributed by atoms with Crippen LogP contribution >= 0.6 is 0 Å². The minimum atomic E-state index is -3.58. The summed E-state index contributed by atoms with van der Waals surface area (Å²) >= 11 is 0. The minimum absolute atomic E-state index is 0.0489. The molecule has 0 spiro atoms. The molecular formula is C21H23F2N3O3S. The molecule has 0 fully saturated rings. The summed E-state index contributed by atoms with van der Waals surface area (Å²) in [5, 5.41) is 0. The van der Waals surface area contributed by atoms with Gasteiger partial charge in [-0.25, -0.2) is 17.2 Å². The Hall–Kier alpha value is -2.68. The number of rotatable bonds is 4. The zero-order valence-electron chi connectivity index (χ0n) is 16.9. The van der Waals surface area contributed by atoms with Crippen molar-refractivity contribution >= 4 is 21.5 Å². The van der Waals surface area contributed by atoms with Gasteiger partial charge in [-0.15, -0.1) is 0 Å². The standard InChI is InChI=1S/C21H23F2N3O3S/c1-20(2)19(24)26-21(3,8-9-30(20,28)29)15-10-13(4-6-16(15)23)11-18(27)17-7-5-14(22)12-25-17/h4-7,10,12H,8-9,11H2,1-3H3,(H2,24,26)/t21-/m0/s1. The molecule has 2 N–H and O–H groups in total. The average molecular weight is 435 g/mol. The van der Waals surface area contributed by atoms with Crippen molar-refractivity contribution in [2.24, 2.45) is 10.7 Å². The molecule has 1 aliphatic heterocycles. The minimum Gasteiger partial charge on any atom is -0.386 e. The van der Waals surface area contributed by atoms with E-state index < -0.39 is 31.8 Å². The molecule has 160 valence electrons. The number of carbonyl (C=O) groups is 1. The number of Topliss-reactive ketones (excluding diaryl/α,β-unsaturated/α-hetero) is 1. The lowest BCUT2D eigenvalue weighted by Gasteiger charge is -2.26. The second kappa shape index (κ2) is 7.54. The number of sulfone groups is 1. The van der Waals surface area contributed by atoms with Gasteiger partial charge in [0, 0.05) is 12.0 Å². The number of amidine groups is 1. The topological polar surface area (TPSA) is 102 Å². The fourth-order valence-corrected chi connectivity index (χ4v) is 4.85. The maximum atomic E-state index is 14.8. The van der Waals surface area contributed by atoms with Crippen molar-refractivity contribution < 1.29 is 22.0 Å². The summed E-state index contributed by atoms with van der Waals surface area (Å²) in [6.07, 6.45) is 0.924. The molecule has 30 heavy (non-hydrogen) atoms. The predicted molar refractivity (Wildman–Crippen MR) is 110 cm³/mol. The van der Waals surface area contributed by atoms with E-state index in [0.717, 1.165) is 12.3 Å². The molecule has 1 atom stereocenters. The van der Waals surface area contributed by atoms with Gasteiger partial charge in [0.2, 0.25) is 0 Å². The first kappa shape index (κ1) is 22.0. The number of halogens is 2. The molecule has 3 rings (SSSR count). The maximum absolute atomic E-state index is 14.8. The SMILES string of the molecule is CC1(C)C(N)=N[C@](C)(c2cc(CC(=O)c3ccc(F)cn3)ccc2F)CCS1(=O)=O. The van der Waals surface area contributed by atoms with Crippen molar-refractivity contribution in [1.29, 1.82) is 0 Å².